The molecule has 2 nitrogen and oxygen atoms in total. The average molecular weight is 284 g/mol. The van der Waals surface area contributed by atoms with Gasteiger partial charge in [0.05, 0.1) is 0 Å². The van der Waals surface area contributed by atoms with Crippen molar-refractivity contribution >= 4 is 11.4 Å². The van der Waals surface area contributed by atoms with Gasteiger partial charge >= 0.3 is 0 Å². The molecular formula is C6H6N2Y2-2. The Morgan fingerprint density at radius 2 is 1.20 bits per heavy atom. The van der Waals surface area contributed by atoms with Gasteiger partial charge in [-0.2, -0.15) is 11.4 Å². The Morgan fingerprint density at radius 3 is 1.40 bits per heavy atom. The molecule has 1 aromatic rings. The van der Waals surface area contributed by atoms with Crippen LogP contribution < -0.4 is 11.5 Å². The fraction of sp³-hybridized carbons (Fsp3) is 0. The van der Waals surface area contributed by atoms with Gasteiger partial charge in [0, 0.05) is 65.4 Å². The minimum Gasteiger partial charge on any atom is -0.472 e. The van der Waals surface area contributed by atoms with Crippen LogP contribution in [0.25, 0.3) is 0 Å². The third kappa shape index (κ3) is 4.78. The molecule has 0 unspecified atom stereocenters. The van der Waals surface area contributed by atoms with Crippen molar-refractivity contribution in [2.45, 2.75) is 0 Å². The van der Waals surface area contributed by atoms with Crippen LogP contribution in [0.3, 0.4) is 0 Å². The zero-order valence-corrected chi connectivity index (χ0v) is 11.1. The number of hydrogen-bond acceptors (Lipinski definition) is 2. The molecule has 0 bridgehead atoms. The Labute approximate surface area is 111 Å². The van der Waals surface area contributed by atoms with Gasteiger partial charge in [-0.05, 0) is 0 Å². The van der Waals surface area contributed by atoms with Crippen LogP contribution in [0.15, 0.2) is 12.1 Å². The van der Waals surface area contributed by atoms with Crippen LogP contribution in [0.2, 0.25) is 0 Å². The Bertz CT molecular complexity index is 153. The molecule has 0 aliphatic carbocycles. The molecule has 0 aliphatic rings. The van der Waals surface area contributed by atoms with Crippen molar-refractivity contribution in [1.29, 1.82) is 0 Å². The van der Waals surface area contributed by atoms with E-state index in [1.165, 1.54) is 0 Å². The van der Waals surface area contributed by atoms with Crippen LogP contribution >= 0.6 is 0 Å². The number of hydrogen-bond donors (Lipinski definition) is 2. The van der Waals surface area contributed by atoms with Crippen molar-refractivity contribution in [1.82, 2.24) is 0 Å². The molecule has 0 heterocycles. The predicted octanol–water partition coefficient (Wildman–Crippen LogP) is 0.446. The molecule has 0 aromatic heterocycles. The zero-order valence-electron chi connectivity index (χ0n) is 5.46. The van der Waals surface area contributed by atoms with Crippen molar-refractivity contribution in [2.75, 3.05) is 11.5 Å². The first-order chi connectivity index (χ1) is 3.79. The van der Waals surface area contributed by atoms with Gasteiger partial charge in [-0.3, -0.25) is 24.3 Å². The maximum Gasteiger partial charge on any atom is 0 e. The van der Waals surface area contributed by atoms with Crippen LogP contribution in [0.1, 0.15) is 0 Å². The molecule has 0 amide bonds. The SMILES string of the molecule is Nc1[c-]cc(N)[c-]c1.[Y].[Y]. The minimum atomic E-state index is 0. The maximum atomic E-state index is 5.28. The molecule has 4 heteroatoms. The summed E-state index contributed by atoms with van der Waals surface area (Å²) in [6.45, 7) is 0. The molecule has 0 aliphatic heterocycles. The monoisotopic (exact) mass is 284 g/mol. The average Bonchev–Trinajstić information content (AvgIpc) is 1.77. The number of anilines is 2. The molecule has 0 atom stereocenters. The summed E-state index contributed by atoms with van der Waals surface area (Å²) in [5, 5.41) is 0. The third-order valence-electron chi connectivity index (χ3n) is 0.789. The first kappa shape index (κ1) is 13.6. The van der Waals surface area contributed by atoms with E-state index in [-0.39, 0.29) is 65.4 Å². The van der Waals surface area contributed by atoms with Gasteiger partial charge in [-0.25, -0.2) is 0 Å². The van der Waals surface area contributed by atoms with E-state index in [0.29, 0.717) is 11.4 Å². The second-order valence-electron chi connectivity index (χ2n) is 1.49. The standard InChI is InChI=1S/C6H6N2.2Y/c7-5-1-2-6(8)4-3-5;;/h1,4H,7-8H2;;/q-2;;. The summed E-state index contributed by atoms with van der Waals surface area (Å²) in [6, 6.07) is 8.63. The van der Waals surface area contributed by atoms with E-state index in [9.17, 15) is 0 Å². The van der Waals surface area contributed by atoms with Gasteiger partial charge in [0.2, 0.25) is 0 Å². The third-order valence-corrected chi connectivity index (χ3v) is 0.789. The Hall–Kier alpha value is 1.03. The number of rotatable bonds is 0. The number of nitrogens with two attached hydrogens (primary N) is 2. The molecule has 2 radical (unpaired) electrons. The summed E-state index contributed by atoms with van der Waals surface area (Å²) in [6.07, 6.45) is 0. The molecule has 0 saturated heterocycles. The first-order valence-corrected chi connectivity index (χ1v) is 2.23. The van der Waals surface area contributed by atoms with Gasteiger partial charge in [0.15, 0.2) is 0 Å². The second kappa shape index (κ2) is 6.72. The molecule has 1 aromatic carbocycles. The smallest absolute Gasteiger partial charge is 0 e. The predicted molar refractivity (Wildman–Crippen MR) is 32.9 cm³/mol. The Morgan fingerprint density at radius 1 is 0.900 bits per heavy atom. The van der Waals surface area contributed by atoms with Crippen molar-refractivity contribution in [3.63, 3.8) is 0 Å². The molecule has 0 spiro atoms. The van der Waals surface area contributed by atoms with Gasteiger partial charge in [-0.15, -0.1) is 0 Å². The first-order valence-electron chi connectivity index (χ1n) is 2.23. The fourth-order valence-corrected chi connectivity index (χ4v) is 0.406. The van der Waals surface area contributed by atoms with Crippen molar-refractivity contribution in [3.8, 4) is 0 Å². The van der Waals surface area contributed by atoms with Crippen molar-refractivity contribution in [2.24, 2.45) is 0 Å². The van der Waals surface area contributed by atoms with E-state index in [4.69, 9.17) is 11.5 Å². The molecule has 1 rings (SSSR count). The summed E-state index contributed by atoms with van der Waals surface area (Å²) in [4.78, 5) is 0. The van der Waals surface area contributed by atoms with E-state index in [1.54, 1.807) is 12.1 Å². The van der Waals surface area contributed by atoms with Crippen LogP contribution in [0.5, 0.6) is 0 Å². The van der Waals surface area contributed by atoms with Gasteiger partial charge in [0.25, 0.3) is 0 Å². The summed E-state index contributed by atoms with van der Waals surface area (Å²) in [7, 11) is 0. The molecule has 0 saturated carbocycles. The molecular weight excluding hydrogens is 278 g/mol. The molecule has 48 valence electrons. The fourth-order valence-electron chi connectivity index (χ4n) is 0.406. The van der Waals surface area contributed by atoms with Crippen LogP contribution in [0.4, 0.5) is 11.4 Å². The van der Waals surface area contributed by atoms with Crippen LogP contribution in [-0.4, -0.2) is 0 Å². The van der Waals surface area contributed by atoms with E-state index >= 15 is 0 Å². The maximum absolute atomic E-state index is 5.28. The number of benzene rings is 1. The summed E-state index contributed by atoms with van der Waals surface area (Å²) >= 11 is 0. The van der Waals surface area contributed by atoms with Crippen molar-refractivity contribution in [3.05, 3.63) is 24.3 Å². The molecule has 0 fully saturated rings. The normalized spacial score (nSPS) is 7.20. The summed E-state index contributed by atoms with van der Waals surface area (Å²) in [5.74, 6) is 0. The van der Waals surface area contributed by atoms with Gasteiger partial charge in [-0.1, -0.05) is 0 Å². The Balaban J connectivity index is 0. The topological polar surface area (TPSA) is 52.0 Å². The van der Waals surface area contributed by atoms with Crippen LogP contribution in [0, 0.1) is 12.1 Å². The largest absolute Gasteiger partial charge is 0.472 e. The van der Waals surface area contributed by atoms with Crippen LogP contribution in [-0.2, 0) is 65.4 Å². The van der Waals surface area contributed by atoms with Crippen molar-refractivity contribution < 1.29 is 65.4 Å². The summed E-state index contributed by atoms with van der Waals surface area (Å²) in [5.41, 5.74) is 11.7. The Kier molecular flexibility index (Phi) is 9.14. The van der Waals surface area contributed by atoms with Gasteiger partial charge < -0.3 is 11.5 Å². The number of nitrogen functional groups attached to an aromatic ring is 2. The van der Waals surface area contributed by atoms with E-state index in [2.05, 4.69) is 12.1 Å². The van der Waals surface area contributed by atoms with E-state index in [0.717, 1.165) is 0 Å². The summed E-state index contributed by atoms with van der Waals surface area (Å²) < 4.78 is 0. The quantitative estimate of drug-likeness (QED) is 0.537. The van der Waals surface area contributed by atoms with E-state index in [1.807, 2.05) is 0 Å². The van der Waals surface area contributed by atoms with Gasteiger partial charge in [0.1, 0.15) is 0 Å². The molecule has 10 heavy (non-hydrogen) atoms. The second-order valence-corrected chi connectivity index (χ2v) is 1.49. The minimum absolute atomic E-state index is 0. The van der Waals surface area contributed by atoms with E-state index < -0.39 is 0 Å². The zero-order chi connectivity index (χ0) is 5.98. The molecule has 4 N–H and O–H groups in total.